The first-order valence-corrected chi connectivity index (χ1v) is 5.40. The second-order valence-corrected chi connectivity index (χ2v) is 4.05. The fourth-order valence-corrected chi connectivity index (χ4v) is 1.83. The molecule has 0 aliphatic carbocycles. The Balaban J connectivity index is 1.87. The maximum atomic E-state index is 5.50. The van der Waals surface area contributed by atoms with E-state index in [1.165, 1.54) is 0 Å². The molecule has 0 bridgehead atoms. The molecule has 2 atom stereocenters. The Bertz CT molecular complexity index is 329. The molecule has 0 amide bonds. The Morgan fingerprint density at radius 2 is 2.40 bits per heavy atom. The van der Waals surface area contributed by atoms with E-state index in [4.69, 9.17) is 4.74 Å². The van der Waals surface area contributed by atoms with Gasteiger partial charge in [0.05, 0.1) is 6.10 Å². The molecule has 82 valence electrons. The lowest BCUT2D eigenvalue weighted by Gasteiger charge is -2.14. The number of aromatic nitrogens is 2. The monoisotopic (exact) mass is 207 g/mol. The zero-order chi connectivity index (χ0) is 10.7. The predicted molar refractivity (Wildman–Crippen MR) is 58.8 cm³/mol. The van der Waals surface area contributed by atoms with Crippen molar-refractivity contribution in [3.05, 3.63) is 18.1 Å². The van der Waals surface area contributed by atoms with E-state index in [0.29, 0.717) is 12.0 Å². The first-order chi connectivity index (χ1) is 7.25. The van der Waals surface area contributed by atoms with Crippen molar-refractivity contribution in [1.29, 1.82) is 0 Å². The molecular formula is C11H17N3O. The molecule has 15 heavy (non-hydrogen) atoms. The van der Waals surface area contributed by atoms with E-state index in [0.717, 1.165) is 31.1 Å². The second kappa shape index (κ2) is 4.57. The summed E-state index contributed by atoms with van der Waals surface area (Å²) >= 11 is 0. The van der Waals surface area contributed by atoms with Gasteiger partial charge in [-0.3, -0.25) is 0 Å². The van der Waals surface area contributed by atoms with E-state index < -0.39 is 0 Å². The molecule has 1 aromatic heterocycles. The summed E-state index contributed by atoms with van der Waals surface area (Å²) in [6.45, 7) is 5.91. The molecule has 1 aliphatic rings. The maximum absolute atomic E-state index is 5.50. The Labute approximate surface area is 90.1 Å². The van der Waals surface area contributed by atoms with Crippen LogP contribution in [0.1, 0.15) is 19.0 Å². The fourth-order valence-electron chi connectivity index (χ4n) is 1.83. The van der Waals surface area contributed by atoms with Crippen molar-refractivity contribution in [2.24, 2.45) is 5.92 Å². The van der Waals surface area contributed by atoms with Crippen LogP contribution in [0.4, 0.5) is 5.82 Å². The molecule has 1 aromatic rings. The Morgan fingerprint density at radius 1 is 1.53 bits per heavy atom. The molecule has 4 heteroatoms. The average Bonchev–Trinajstić information content (AvgIpc) is 2.61. The van der Waals surface area contributed by atoms with Crippen molar-refractivity contribution in [3.8, 4) is 0 Å². The van der Waals surface area contributed by atoms with E-state index in [2.05, 4.69) is 22.2 Å². The van der Waals surface area contributed by atoms with Crippen LogP contribution >= 0.6 is 0 Å². The fraction of sp³-hybridized carbons (Fsp3) is 0.636. The van der Waals surface area contributed by atoms with Crippen LogP contribution in [0.25, 0.3) is 0 Å². The van der Waals surface area contributed by atoms with Crippen molar-refractivity contribution in [3.63, 3.8) is 0 Å². The molecule has 2 heterocycles. The highest BCUT2D eigenvalue weighted by molar-refractivity contribution is 5.34. The van der Waals surface area contributed by atoms with E-state index in [1.54, 1.807) is 6.33 Å². The minimum Gasteiger partial charge on any atom is -0.378 e. The van der Waals surface area contributed by atoms with Crippen LogP contribution < -0.4 is 5.32 Å². The molecule has 0 spiro atoms. The quantitative estimate of drug-likeness (QED) is 0.818. The molecule has 1 aliphatic heterocycles. The van der Waals surface area contributed by atoms with Gasteiger partial charge >= 0.3 is 0 Å². The number of rotatable bonds is 3. The number of aryl methyl sites for hydroxylation is 1. The summed E-state index contributed by atoms with van der Waals surface area (Å²) in [6, 6.07) is 1.96. The van der Waals surface area contributed by atoms with Crippen LogP contribution in [-0.4, -0.2) is 29.2 Å². The summed E-state index contributed by atoms with van der Waals surface area (Å²) in [5.74, 6) is 1.50. The largest absolute Gasteiger partial charge is 0.378 e. The topological polar surface area (TPSA) is 47.0 Å². The molecule has 1 fully saturated rings. The molecule has 1 N–H and O–H groups in total. The first-order valence-electron chi connectivity index (χ1n) is 5.40. The molecule has 0 radical (unpaired) electrons. The van der Waals surface area contributed by atoms with Crippen LogP contribution in [0, 0.1) is 12.8 Å². The molecule has 2 unspecified atom stereocenters. The number of nitrogens with one attached hydrogen (secondary N) is 1. The molecule has 4 nitrogen and oxygen atoms in total. The van der Waals surface area contributed by atoms with Gasteiger partial charge in [0.1, 0.15) is 12.1 Å². The summed E-state index contributed by atoms with van der Waals surface area (Å²) in [7, 11) is 0. The maximum Gasteiger partial charge on any atom is 0.129 e. The van der Waals surface area contributed by atoms with E-state index in [-0.39, 0.29) is 0 Å². The summed E-state index contributed by atoms with van der Waals surface area (Å²) in [5.41, 5.74) is 0.989. The highest BCUT2D eigenvalue weighted by atomic mass is 16.5. The van der Waals surface area contributed by atoms with E-state index in [9.17, 15) is 0 Å². The van der Waals surface area contributed by atoms with Crippen LogP contribution in [0.3, 0.4) is 0 Å². The van der Waals surface area contributed by atoms with Crippen LogP contribution in [0.15, 0.2) is 12.4 Å². The molecular weight excluding hydrogens is 190 g/mol. The van der Waals surface area contributed by atoms with Crippen molar-refractivity contribution < 1.29 is 4.74 Å². The lowest BCUT2D eigenvalue weighted by molar-refractivity contribution is 0.108. The van der Waals surface area contributed by atoms with Crippen molar-refractivity contribution in [2.75, 3.05) is 18.5 Å². The predicted octanol–water partition coefficient (Wildman–Crippen LogP) is 1.62. The van der Waals surface area contributed by atoms with Gasteiger partial charge in [0, 0.05) is 30.8 Å². The molecule has 1 saturated heterocycles. The number of hydrogen-bond donors (Lipinski definition) is 1. The minimum absolute atomic E-state index is 0.362. The van der Waals surface area contributed by atoms with Crippen LogP contribution in [0.2, 0.25) is 0 Å². The number of nitrogens with zero attached hydrogens (tertiary/aromatic N) is 2. The van der Waals surface area contributed by atoms with Crippen molar-refractivity contribution in [2.45, 2.75) is 26.4 Å². The molecule has 0 aromatic carbocycles. The third-order valence-corrected chi connectivity index (χ3v) is 2.88. The summed E-state index contributed by atoms with van der Waals surface area (Å²) < 4.78 is 5.50. The van der Waals surface area contributed by atoms with Gasteiger partial charge in [-0.15, -0.1) is 0 Å². The smallest absolute Gasteiger partial charge is 0.129 e. The van der Waals surface area contributed by atoms with E-state index >= 15 is 0 Å². The average molecular weight is 207 g/mol. The third-order valence-electron chi connectivity index (χ3n) is 2.88. The Hall–Kier alpha value is -1.16. The van der Waals surface area contributed by atoms with Gasteiger partial charge in [-0.2, -0.15) is 0 Å². The molecule has 2 rings (SSSR count). The Morgan fingerprint density at radius 3 is 3.07 bits per heavy atom. The summed E-state index contributed by atoms with van der Waals surface area (Å²) in [5, 5.41) is 3.33. The Kier molecular flexibility index (Phi) is 3.16. The normalized spacial score (nSPS) is 25.5. The van der Waals surface area contributed by atoms with Crippen molar-refractivity contribution >= 4 is 5.82 Å². The van der Waals surface area contributed by atoms with Gasteiger partial charge in [0.25, 0.3) is 0 Å². The minimum atomic E-state index is 0.362. The SMILES string of the molecule is Cc1cc(NCC2CCOC2C)ncn1. The van der Waals surface area contributed by atoms with Gasteiger partial charge in [-0.25, -0.2) is 9.97 Å². The molecule has 0 saturated carbocycles. The van der Waals surface area contributed by atoms with Crippen LogP contribution in [-0.2, 0) is 4.74 Å². The van der Waals surface area contributed by atoms with Gasteiger partial charge in [0.15, 0.2) is 0 Å². The number of anilines is 1. The highest BCUT2D eigenvalue weighted by Gasteiger charge is 2.23. The van der Waals surface area contributed by atoms with E-state index in [1.807, 2.05) is 13.0 Å². The number of hydrogen-bond acceptors (Lipinski definition) is 4. The van der Waals surface area contributed by atoms with Crippen LogP contribution in [0.5, 0.6) is 0 Å². The zero-order valence-corrected chi connectivity index (χ0v) is 9.23. The summed E-state index contributed by atoms with van der Waals surface area (Å²) in [6.07, 6.45) is 3.09. The lowest BCUT2D eigenvalue weighted by atomic mass is 10.0. The highest BCUT2D eigenvalue weighted by Crippen LogP contribution is 2.20. The van der Waals surface area contributed by atoms with Gasteiger partial charge in [0.2, 0.25) is 0 Å². The standard InChI is InChI=1S/C11H17N3O/c1-8-5-11(14-7-13-8)12-6-10-3-4-15-9(10)2/h5,7,9-10H,3-4,6H2,1-2H3,(H,12,13,14). The van der Waals surface area contributed by atoms with Gasteiger partial charge < -0.3 is 10.1 Å². The second-order valence-electron chi connectivity index (χ2n) is 4.05. The third kappa shape index (κ3) is 2.65. The first kappa shape index (κ1) is 10.4. The van der Waals surface area contributed by atoms with Gasteiger partial charge in [-0.1, -0.05) is 0 Å². The van der Waals surface area contributed by atoms with Crippen molar-refractivity contribution in [1.82, 2.24) is 9.97 Å². The summed E-state index contributed by atoms with van der Waals surface area (Å²) in [4.78, 5) is 8.22. The zero-order valence-electron chi connectivity index (χ0n) is 9.23. The lowest BCUT2D eigenvalue weighted by Crippen LogP contribution is -2.21. The van der Waals surface area contributed by atoms with Gasteiger partial charge in [-0.05, 0) is 20.3 Å². The number of ether oxygens (including phenoxy) is 1.